The molecule has 108 valence electrons. The van der Waals surface area contributed by atoms with Crippen LogP contribution in [0.3, 0.4) is 0 Å². The normalized spacial score (nSPS) is 20.1. The van der Waals surface area contributed by atoms with Crippen molar-refractivity contribution in [2.75, 3.05) is 6.54 Å². The van der Waals surface area contributed by atoms with Crippen LogP contribution in [0, 0.1) is 0 Å². The van der Waals surface area contributed by atoms with E-state index < -0.39 is 5.92 Å². The quantitative estimate of drug-likeness (QED) is 0.903. The predicted molar refractivity (Wildman–Crippen MR) is 72.9 cm³/mol. The lowest BCUT2D eigenvalue weighted by atomic mass is 9.87. The van der Waals surface area contributed by atoms with Gasteiger partial charge in [0, 0.05) is 37.8 Å². The number of hydrogen-bond acceptors (Lipinski definition) is 4. The van der Waals surface area contributed by atoms with Gasteiger partial charge in [-0.1, -0.05) is 13.8 Å². The summed E-state index contributed by atoms with van der Waals surface area (Å²) >= 11 is 1.58. The van der Waals surface area contributed by atoms with Gasteiger partial charge in [0.15, 0.2) is 0 Å². The Labute approximate surface area is 116 Å². The third kappa shape index (κ3) is 4.45. The molecule has 1 aliphatic carbocycles. The second-order valence-corrected chi connectivity index (χ2v) is 6.62. The Morgan fingerprint density at radius 3 is 2.63 bits per heavy atom. The van der Waals surface area contributed by atoms with Crippen molar-refractivity contribution in [3.05, 3.63) is 10.0 Å². The first kappa shape index (κ1) is 14.8. The molecule has 1 aliphatic rings. The SMILES string of the molecule is CC(C)NCCc1nnc(C2CCC(F)(F)CC2)s1. The summed E-state index contributed by atoms with van der Waals surface area (Å²) in [4.78, 5) is 0. The molecule has 1 N–H and O–H groups in total. The molecule has 1 aromatic heterocycles. The largest absolute Gasteiger partial charge is 0.314 e. The van der Waals surface area contributed by atoms with Gasteiger partial charge in [0.25, 0.3) is 0 Å². The Kier molecular flexibility index (Phi) is 4.84. The van der Waals surface area contributed by atoms with Crippen molar-refractivity contribution in [2.45, 2.75) is 63.8 Å². The van der Waals surface area contributed by atoms with Crippen LogP contribution >= 0.6 is 11.3 Å². The van der Waals surface area contributed by atoms with Gasteiger partial charge in [-0.25, -0.2) is 8.78 Å². The fourth-order valence-corrected chi connectivity index (χ4v) is 3.30. The van der Waals surface area contributed by atoms with Gasteiger partial charge in [0.1, 0.15) is 10.0 Å². The summed E-state index contributed by atoms with van der Waals surface area (Å²) in [6, 6.07) is 0.466. The highest BCUT2D eigenvalue weighted by Gasteiger charge is 2.36. The number of aromatic nitrogens is 2. The van der Waals surface area contributed by atoms with Gasteiger partial charge >= 0.3 is 0 Å². The summed E-state index contributed by atoms with van der Waals surface area (Å²) < 4.78 is 26.2. The summed E-state index contributed by atoms with van der Waals surface area (Å²) in [6.07, 6.45) is 1.90. The van der Waals surface area contributed by atoms with E-state index in [0.717, 1.165) is 23.0 Å². The van der Waals surface area contributed by atoms with Crippen molar-refractivity contribution >= 4 is 11.3 Å². The van der Waals surface area contributed by atoms with Crippen LogP contribution in [0.5, 0.6) is 0 Å². The van der Waals surface area contributed by atoms with Gasteiger partial charge in [-0.15, -0.1) is 21.5 Å². The van der Waals surface area contributed by atoms with Gasteiger partial charge < -0.3 is 5.32 Å². The van der Waals surface area contributed by atoms with Crippen molar-refractivity contribution in [3.8, 4) is 0 Å². The summed E-state index contributed by atoms with van der Waals surface area (Å²) in [5, 5.41) is 13.6. The van der Waals surface area contributed by atoms with Crippen LogP contribution in [0.2, 0.25) is 0 Å². The Balaban J connectivity index is 1.84. The molecular weight excluding hydrogens is 268 g/mol. The molecule has 1 saturated carbocycles. The maximum Gasteiger partial charge on any atom is 0.248 e. The van der Waals surface area contributed by atoms with Crippen molar-refractivity contribution in [2.24, 2.45) is 0 Å². The minimum atomic E-state index is -2.47. The standard InChI is InChI=1S/C13H21F2N3S/c1-9(2)16-8-5-11-17-18-12(19-11)10-3-6-13(14,15)7-4-10/h9-10,16H,3-8H2,1-2H3. The second-order valence-electron chi connectivity index (χ2n) is 5.52. The lowest BCUT2D eigenvalue weighted by Crippen LogP contribution is -2.24. The molecule has 1 aromatic rings. The molecule has 0 unspecified atom stereocenters. The van der Waals surface area contributed by atoms with Crippen LogP contribution in [0.4, 0.5) is 8.78 Å². The van der Waals surface area contributed by atoms with Crippen molar-refractivity contribution in [3.63, 3.8) is 0 Å². The molecule has 2 rings (SSSR count). The van der Waals surface area contributed by atoms with Gasteiger partial charge in [0.05, 0.1) is 0 Å². The first-order valence-corrected chi connectivity index (χ1v) is 7.71. The monoisotopic (exact) mass is 289 g/mol. The third-order valence-electron chi connectivity index (χ3n) is 3.44. The molecule has 1 fully saturated rings. The first-order chi connectivity index (χ1) is 8.96. The van der Waals surface area contributed by atoms with Gasteiger partial charge in [-0.05, 0) is 12.8 Å². The third-order valence-corrected chi connectivity index (χ3v) is 4.59. The average Bonchev–Trinajstić information content (AvgIpc) is 2.77. The zero-order chi connectivity index (χ0) is 13.9. The van der Waals surface area contributed by atoms with Crippen molar-refractivity contribution < 1.29 is 8.78 Å². The van der Waals surface area contributed by atoms with Crippen LogP contribution in [0.25, 0.3) is 0 Å². The molecule has 6 heteroatoms. The molecule has 1 heterocycles. The molecule has 19 heavy (non-hydrogen) atoms. The summed E-state index contributed by atoms with van der Waals surface area (Å²) in [5.41, 5.74) is 0. The molecule has 3 nitrogen and oxygen atoms in total. The minimum absolute atomic E-state index is 0.0124. The number of halogens is 2. The van der Waals surface area contributed by atoms with E-state index in [1.807, 2.05) is 0 Å². The molecule has 0 aromatic carbocycles. The number of nitrogens with zero attached hydrogens (tertiary/aromatic N) is 2. The molecular formula is C13H21F2N3S. The van der Waals surface area contributed by atoms with E-state index in [2.05, 4.69) is 29.4 Å². The topological polar surface area (TPSA) is 37.8 Å². The lowest BCUT2D eigenvalue weighted by molar-refractivity contribution is -0.0382. The smallest absolute Gasteiger partial charge is 0.248 e. The zero-order valence-corrected chi connectivity index (χ0v) is 12.3. The van der Waals surface area contributed by atoms with Gasteiger partial charge in [-0.3, -0.25) is 0 Å². The highest BCUT2D eigenvalue weighted by atomic mass is 32.1. The predicted octanol–water partition coefficient (Wildman–Crippen LogP) is 3.37. The highest BCUT2D eigenvalue weighted by Crippen LogP contribution is 2.41. The van der Waals surface area contributed by atoms with Gasteiger partial charge in [0.2, 0.25) is 5.92 Å². The summed E-state index contributed by atoms with van der Waals surface area (Å²) in [5.74, 6) is -2.28. The van der Waals surface area contributed by atoms with Crippen molar-refractivity contribution in [1.82, 2.24) is 15.5 Å². The fraction of sp³-hybridized carbons (Fsp3) is 0.846. The maximum atomic E-state index is 13.1. The number of hydrogen-bond donors (Lipinski definition) is 1. The number of rotatable bonds is 5. The number of nitrogens with one attached hydrogen (secondary N) is 1. The molecule has 0 radical (unpaired) electrons. The molecule has 0 amide bonds. The second kappa shape index (κ2) is 6.22. The molecule has 0 spiro atoms. The minimum Gasteiger partial charge on any atom is -0.314 e. The Morgan fingerprint density at radius 1 is 1.32 bits per heavy atom. The van der Waals surface area contributed by atoms with E-state index in [9.17, 15) is 8.78 Å². The van der Waals surface area contributed by atoms with Crippen LogP contribution in [-0.4, -0.2) is 28.7 Å². The summed E-state index contributed by atoms with van der Waals surface area (Å²) in [7, 11) is 0. The summed E-state index contributed by atoms with van der Waals surface area (Å²) in [6.45, 7) is 5.09. The Morgan fingerprint density at radius 2 is 2.00 bits per heavy atom. The van der Waals surface area contributed by atoms with E-state index >= 15 is 0 Å². The van der Waals surface area contributed by atoms with Crippen LogP contribution in [0.1, 0.15) is 55.5 Å². The van der Waals surface area contributed by atoms with E-state index in [-0.39, 0.29) is 18.8 Å². The fourth-order valence-electron chi connectivity index (χ4n) is 2.29. The Hall–Kier alpha value is -0.620. The molecule has 0 saturated heterocycles. The lowest BCUT2D eigenvalue weighted by Gasteiger charge is -2.26. The molecule has 0 bridgehead atoms. The molecule has 0 aliphatic heterocycles. The average molecular weight is 289 g/mol. The van der Waals surface area contributed by atoms with E-state index in [1.165, 1.54) is 0 Å². The van der Waals surface area contributed by atoms with Crippen LogP contribution < -0.4 is 5.32 Å². The van der Waals surface area contributed by atoms with E-state index in [1.54, 1.807) is 11.3 Å². The highest BCUT2D eigenvalue weighted by molar-refractivity contribution is 7.11. The van der Waals surface area contributed by atoms with Crippen LogP contribution in [0.15, 0.2) is 0 Å². The maximum absolute atomic E-state index is 13.1. The van der Waals surface area contributed by atoms with Crippen molar-refractivity contribution in [1.29, 1.82) is 0 Å². The van der Waals surface area contributed by atoms with E-state index in [0.29, 0.717) is 18.9 Å². The van der Waals surface area contributed by atoms with Crippen LogP contribution in [-0.2, 0) is 6.42 Å². The van der Waals surface area contributed by atoms with E-state index in [4.69, 9.17) is 0 Å². The zero-order valence-electron chi connectivity index (χ0n) is 11.5. The number of alkyl halides is 2. The Bertz CT molecular complexity index is 396. The molecule has 0 atom stereocenters. The first-order valence-electron chi connectivity index (χ1n) is 6.90. The van der Waals surface area contributed by atoms with Gasteiger partial charge in [-0.2, -0.15) is 0 Å².